The molecule has 1 aliphatic heterocycles. The van der Waals surface area contributed by atoms with Gasteiger partial charge in [0.05, 0.1) is 13.5 Å². The Morgan fingerprint density at radius 1 is 1.12 bits per heavy atom. The van der Waals surface area contributed by atoms with Crippen LogP contribution in [-0.2, 0) is 29.1 Å². The molecule has 4 rings (SSSR count). The number of amides is 2. The number of methoxy groups -OCH3 is 1. The molecule has 7 heteroatoms. The second-order valence-electron chi connectivity index (χ2n) is 8.23. The summed E-state index contributed by atoms with van der Waals surface area (Å²) in [4.78, 5) is 27.4. The number of hydrogen-bond acceptors (Lipinski definition) is 4. The molecule has 0 spiro atoms. The smallest absolute Gasteiger partial charge is 0.264 e. The second kappa shape index (κ2) is 10.4. The lowest BCUT2D eigenvalue weighted by molar-refractivity contribution is -0.139. The molecule has 3 aromatic carbocycles. The molecule has 0 unspecified atom stereocenters. The SMILES string of the molecule is CC[C@@H]1Oc2ccc(NC(=O)Cc3ccc(F)cc3)cc2CN(Cc2cccc(OC)c2)C1=O. The van der Waals surface area contributed by atoms with Crippen LogP contribution in [0.25, 0.3) is 0 Å². The zero-order valence-corrected chi connectivity index (χ0v) is 19.2. The molecule has 0 bridgehead atoms. The van der Waals surface area contributed by atoms with E-state index in [0.29, 0.717) is 30.9 Å². The van der Waals surface area contributed by atoms with Crippen LogP contribution in [0.2, 0.25) is 0 Å². The average molecular weight is 463 g/mol. The van der Waals surface area contributed by atoms with E-state index in [-0.39, 0.29) is 24.1 Å². The monoisotopic (exact) mass is 462 g/mol. The molecule has 0 aliphatic carbocycles. The van der Waals surface area contributed by atoms with Gasteiger partial charge in [-0.25, -0.2) is 4.39 Å². The van der Waals surface area contributed by atoms with Crippen LogP contribution in [0, 0.1) is 5.82 Å². The average Bonchev–Trinajstić information content (AvgIpc) is 2.96. The largest absolute Gasteiger partial charge is 0.497 e. The fourth-order valence-corrected chi connectivity index (χ4v) is 3.96. The van der Waals surface area contributed by atoms with Gasteiger partial charge in [0, 0.05) is 24.3 Å². The number of anilines is 1. The standard InChI is InChI=1S/C27H27FN2O4/c1-3-24-27(32)30(16-19-5-4-6-23(13-19)33-2)17-20-15-22(11-12-25(20)34-24)29-26(31)14-18-7-9-21(28)10-8-18/h4-13,15,24H,3,14,16-17H2,1-2H3,(H,29,31)/t24-/m0/s1. The molecule has 1 atom stereocenters. The molecule has 1 heterocycles. The Bertz CT molecular complexity index is 1180. The minimum absolute atomic E-state index is 0.0802. The van der Waals surface area contributed by atoms with Gasteiger partial charge in [-0.15, -0.1) is 0 Å². The molecule has 0 saturated heterocycles. The molecular weight excluding hydrogens is 435 g/mol. The molecule has 3 aromatic rings. The van der Waals surface area contributed by atoms with Crippen LogP contribution in [0.1, 0.15) is 30.0 Å². The molecule has 1 aliphatic rings. The highest BCUT2D eigenvalue weighted by atomic mass is 19.1. The highest BCUT2D eigenvalue weighted by Crippen LogP contribution is 2.30. The summed E-state index contributed by atoms with van der Waals surface area (Å²) in [5.41, 5.74) is 3.09. The second-order valence-corrected chi connectivity index (χ2v) is 8.23. The van der Waals surface area contributed by atoms with Crippen LogP contribution < -0.4 is 14.8 Å². The van der Waals surface area contributed by atoms with Crippen molar-refractivity contribution < 1.29 is 23.5 Å². The first-order chi connectivity index (χ1) is 16.4. The molecule has 0 saturated carbocycles. The lowest BCUT2D eigenvalue weighted by Gasteiger charge is -2.23. The van der Waals surface area contributed by atoms with Crippen molar-refractivity contribution in [1.29, 1.82) is 0 Å². The fraction of sp³-hybridized carbons (Fsp3) is 0.259. The Balaban J connectivity index is 1.53. The molecule has 176 valence electrons. The Morgan fingerprint density at radius 2 is 1.91 bits per heavy atom. The van der Waals surface area contributed by atoms with Crippen molar-refractivity contribution in [2.24, 2.45) is 0 Å². The number of fused-ring (bicyclic) bond motifs is 1. The summed E-state index contributed by atoms with van der Waals surface area (Å²) in [5, 5.41) is 2.88. The zero-order chi connectivity index (χ0) is 24.1. The van der Waals surface area contributed by atoms with E-state index >= 15 is 0 Å². The first kappa shape index (κ1) is 23.3. The molecule has 0 aromatic heterocycles. The summed E-state index contributed by atoms with van der Waals surface area (Å²) in [6.45, 7) is 2.68. The number of ether oxygens (including phenoxy) is 2. The maximum atomic E-state index is 13.2. The predicted molar refractivity (Wildman–Crippen MR) is 127 cm³/mol. The van der Waals surface area contributed by atoms with Gasteiger partial charge in [0.1, 0.15) is 17.3 Å². The van der Waals surface area contributed by atoms with Crippen molar-refractivity contribution in [3.63, 3.8) is 0 Å². The maximum Gasteiger partial charge on any atom is 0.264 e. The lowest BCUT2D eigenvalue weighted by atomic mass is 10.1. The minimum atomic E-state index is -0.578. The van der Waals surface area contributed by atoms with Crippen molar-refractivity contribution in [3.05, 3.63) is 89.2 Å². The summed E-state index contributed by atoms with van der Waals surface area (Å²) in [6.07, 6.45) is 0.0979. The summed E-state index contributed by atoms with van der Waals surface area (Å²) in [5.74, 6) is 0.730. The van der Waals surface area contributed by atoms with E-state index in [2.05, 4.69) is 5.32 Å². The Kier molecular flexibility index (Phi) is 7.11. The number of benzene rings is 3. The van der Waals surface area contributed by atoms with E-state index in [4.69, 9.17) is 9.47 Å². The summed E-state index contributed by atoms with van der Waals surface area (Å²) >= 11 is 0. The Morgan fingerprint density at radius 3 is 2.65 bits per heavy atom. The summed E-state index contributed by atoms with van der Waals surface area (Å²) < 4.78 is 24.4. The lowest BCUT2D eigenvalue weighted by Crippen LogP contribution is -2.38. The van der Waals surface area contributed by atoms with Gasteiger partial charge in [-0.1, -0.05) is 31.2 Å². The number of halogens is 1. The van der Waals surface area contributed by atoms with Crippen molar-refractivity contribution in [2.45, 2.75) is 39.0 Å². The first-order valence-corrected chi connectivity index (χ1v) is 11.2. The van der Waals surface area contributed by atoms with Crippen LogP contribution in [0.15, 0.2) is 66.7 Å². The normalized spacial score (nSPS) is 15.2. The number of hydrogen-bond donors (Lipinski definition) is 1. The van der Waals surface area contributed by atoms with Gasteiger partial charge < -0.3 is 19.7 Å². The van der Waals surface area contributed by atoms with Gasteiger partial charge in [0.15, 0.2) is 6.10 Å². The fourth-order valence-electron chi connectivity index (χ4n) is 3.96. The third-order valence-corrected chi connectivity index (χ3v) is 5.72. The third kappa shape index (κ3) is 5.54. The number of nitrogens with zero attached hydrogens (tertiary/aromatic N) is 1. The summed E-state index contributed by atoms with van der Waals surface area (Å²) in [6, 6.07) is 18.9. The molecule has 1 N–H and O–H groups in total. The van der Waals surface area contributed by atoms with E-state index in [0.717, 1.165) is 22.4 Å². The summed E-state index contributed by atoms with van der Waals surface area (Å²) in [7, 11) is 1.61. The van der Waals surface area contributed by atoms with Gasteiger partial charge in [-0.2, -0.15) is 0 Å². The zero-order valence-electron chi connectivity index (χ0n) is 19.2. The molecule has 2 amide bonds. The third-order valence-electron chi connectivity index (χ3n) is 5.72. The van der Waals surface area contributed by atoms with E-state index in [9.17, 15) is 14.0 Å². The van der Waals surface area contributed by atoms with Gasteiger partial charge in [0.2, 0.25) is 5.91 Å². The number of nitrogens with one attached hydrogen (secondary N) is 1. The van der Waals surface area contributed by atoms with Crippen LogP contribution in [0.5, 0.6) is 11.5 Å². The van der Waals surface area contributed by atoms with Crippen LogP contribution >= 0.6 is 0 Å². The molecule has 0 radical (unpaired) electrons. The quantitative estimate of drug-likeness (QED) is 0.552. The van der Waals surface area contributed by atoms with E-state index < -0.39 is 6.10 Å². The topological polar surface area (TPSA) is 67.9 Å². The highest BCUT2D eigenvalue weighted by molar-refractivity contribution is 5.92. The molecule has 34 heavy (non-hydrogen) atoms. The number of rotatable bonds is 7. The van der Waals surface area contributed by atoms with Gasteiger partial charge in [-0.3, -0.25) is 9.59 Å². The Hall–Kier alpha value is -3.87. The van der Waals surface area contributed by atoms with Crippen molar-refractivity contribution >= 4 is 17.5 Å². The molecular formula is C27H27FN2O4. The minimum Gasteiger partial charge on any atom is -0.497 e. The highest BCUT2D eigenvalue weighted by Gasteiger charge is 2.30. The van der Waals surface area contributed by atoms with Crippen molar-refractivity contribution in [1.82, 2.24) is 4.90 Å². The first-order valence-electron chi connectivity index (χ1n) is 11.2. The number of carbonyl (C=O) groups is 2. The van der Waals surface area contributed by atoms with E-state index in [1.807, 2.05) is 37.3 Å². The van der Waals surface area contributed by atoms with Gasteiger partial charge in [0.25, 0.3) is 5.91 Å². The van der Waals surface area contributed by atoms with Crippen LogP contribution in [-0.4, -0.2) is 29.9 Å². The van der Waals surface area contributed by atoms with Gasteiger partial charge in [-0.05, 0) is 60.0 Å². The molecule has 0 fully saturated rings. The Labute approximate surface area is 198 Å². The van der Waals surface area contributed by atoms with E-state index in [1.54, 1.807) is 36.3 Å². The maximum absolute atomic E-state index is 13.2. The van der Waals surface area contributed by atoms with Gasteiger partial charge >= 0.3 is 0 Å². The van der Waals surface area contributed by atoms with Crippen molar-refractivity contribution in [3.8, 4) is 11.5 Å². The van der Waals surface area contributed by atoms with E-state index in [1.165, 1.54) is 12.1 Å². The number of carbonyl (C=O) groups excluding carboxylic acids is 2. The predicted octanol–water partition coefficient (Wildman–Crippen LogP) is 4.72. The molecule has 6 nitrogen and oxygen atoms in total. The van der Waals surface area contributed by atoms with Crippen LogP contribution in [0.4, 0.5) is 10.1 Å². The van der Waals surface area contributed by atoms with Crippen LogP contribution in [0.3, 0.4) is 0 Å². The van der Waals surface area contributed by atoms with Crippen molar-refractivity contribution in [2.75, 3.05) is 12.4 Å².